The van der Waals surface area contributed by atoms with Crippen LogP contribution in [-0.2, 0) is 11.3 Å². The van der Waals surface area contributed by atoms with E-state index in [-0.39, 0.29) is 11.9 Å². The van der Waals surface area contributed by atoms with E-state index in [1.807, 2.05) is 0 Å². The second kappa shape index (κ2) is 5.72. The van der Waals surface area contributed by atoms with Crippen molar-refractivity contribution in [2.75, 3.05) is 13.1 Å². The minimum Gasteiger partial charge on any atom is -0.323 e. The average Bonchev–Trinajstić information content (AvgIpc) is 2.76. The number of urea groups is 1. The van der Waals surface area contributed by atoms with Crippen molar-refractivity contribution in [1.29, 1.82) is 0 Å². The van der Waals surface area contributed by atoms with Crippen LogP contribution in [0.25, 0.3) is 0 Å². The van der Waals surface area contributed by atoms with E-state index in [9.17, 15) is 9.59 Å². The molecule has 2 fully saturated rings. The molecule has 0 atom stereocenters. The van der Waals surface area contributed by atoms with Gasteiger partial charge in [-0.3, -0.25) is 15.0 Å². The Morgan fingerprint density at radius 3 is 2.27 bits per heavy atom. The number of carbonyl (C=O) groups excluding carboxylic acids is 2. The van der Waals surface area contributed by atoms with Gasteiger partial charge in [-0.05, 0) is 29.9 Å². The summed E-state index contributed by atoms with van der Waals surface area (Å²) < 4.78 is 0. The van der Waals surface area contributed by atoms with E-state index < -0.39 is 5.54 Å². The number of benzene rings is 1. The maximum atomic E-state index is 11.9. The summed E-state index contributed by atoms with van der Waals surface area (Å²) in [5.74, 6) is 0.381. The lowest BCUT2D eigenvalue weighted by molar-refractivity contribution is -0.125. The first-order valence-electron chi connectivity index (χ1n) is 7.93. The second-order valence-electron chi connectivity index (χ2n) is 6.66. The lowest BCUT2D eigenvalue weighted by Crippen LogP contribution is -2.54. The molecule has 3 rings (SSSR count). The molecule has 1 spiro atoms. The molecule has 2 heterocycles. The lowest BCUT2D eigenvalue weighted by atomic mass is 9.87. The molecule has 1 aromatic rings. The summed E-state index contributed by atoms with van der Waals surface area (Å²) in [5.41, 5.74) is 1.97. The van der Waals surface area contributed by atoms with Gasteiger partial charge in [0.2, 0.25) is 0 Å². The van der Waals surface area contributed by atoms with Crippen molar-refractivity contribution in [2.45, 2.75) is 44.7 Å². The van der Waals surface area contributed by atoms with Gasteiger partial charge in [-0.1, -0.05) is 38.1 Å². The Bertz CT molecular complexity index is 572. The minimum atomic E-state index is -0.672. The highest BCUT2D eigenvalue weighted by atomic mass is 16.2. The molecule has 118 valence electrons. The van der Waals surface area contributed by atoms with E-state index in [0.717, 1.165) is 19.6 Å². The van der Waals surface area contributed by atoms with Crippen LogP contribution in [0.3, 0.4) is 0 Å². The zero-order valence-corrected chi connectivity index (χ0v) is 13.2. The highest BCUT2D eigenvalue weighted by molar-refractivity contribution is 6.07. The van der Waals surface area contributed by atoms with Gasteiger partial charge >= 0.3 is 6.03 Å². The fraction of sp³-hybridized carbons (Fsp3) is 0.529. The maximum absolute atomic E-state index is 11.9. The first-order valence-corrected chi connectivity index (χ1v) is 7.93. The molecule has 0 aromatic heterocycles. The molecule has 2 aliphatic rings. The van der Waals surface area contributed by atoms with Gasteiger partial charge in [-0.2, -0.15) is 0 Å². The van der Waals surface area contributed by atoms with Crippen LogP contribution in [0.2, 0.25) is 0 Å². The van der Waals surface area contributed by atoms with Crippen molar-refractivity contribution in [3.8, 4) is 0 Å². The van der Waals surface area contributed by atoms with E-state index in [1.165, 1.54) is 11.1 Å². The van der Waals surface area contributed by atoms with Gasteiger partial charge < -0.3 is 5.32 Å². The first-order chi connectivity index (χ1) is 10.5. The molecule has 0 saturated carbocycles. The monoisotopic (exact) mass is 301 g/mol. The van der Waals surface area contributed by atoms with Crippen molar-refractivity contribution in [3.63, 3.8) is 0 Å². The van der Waals surface area contributed by atoms with Gasteiger partial charge in [0, 0.05) is 19.6 Å². The molecule has 2 N–H and O–H groups in total. The number of amides is 3. The molecule has 1 aromatic carbocycles. The third kappa shape index (κ3) is 2.86. The number of nitrogens with one attached hydrogen (secondary N) is 2. The summed E-state index contributed by atoms with van der Waals surface area (Å²) in [5, 5.41) is 5.15. The number of hydrogen-bond donors (Lipinski definition) is 2. The first kappa shape index (κ1) is 15.0. The Morgan fingerprint density at radius 1 is 1.14 bits per heavy atom. The zero-order valence-electron chi connectivity index (χ0n) is 13.2. The van der Waals surface area contributed by atoms with Gasteiger partial charge in [-0.15, -0.1) is 0 Å². The predicted molar refractivity (Wildman–Crippen MR) is 84.4 cm³/mol. The van der Waals surface area contributed by atoms with Crippen molar-refractivity contribution < 1.29 is 9.59 Å². The second-order valence-corrected chi connectivity index (χ2v) is 6.66. The van der Waals surface area contributed by atoms with Crippen LogP contribution in [0, 0.1) is 0 Å². The van der Waals surface area contributed by atoms with Crippen molar-refractivity contribution in [1.82, 2.24) is 15.5 Å². The molecule has 0 unspecified atom stereocenters. The van der Waals surface area contributed by atoms with Crippen LogP contribution in [0.1, 0.15) is 43.7 Å². The SMILES string of the molecule is CC(C)c1ccc(CN2CCC3(CC2)NC(=O)NC3=O)cc1. The summed E-state index contributed by atoms with van der Waals surface area (Å²) in [6, 6.07) is 8.39. The largest absolute Gasteiger partial charge is 0.323 e. The number of likely N-dealkylation sites (tertiary alicyclic amines) is 1. The van der Waals surface area contributed by atoms with Crippen LogP contribution in [-0.4, -0.2) is 35.5 Å². The summed E-state index contributed by atoms with van der Waals surface area (Å²) in [6.07, 6.45) is 1.35. The number of carbonyl (C=O) groups is 2. The van der Waals surface area contributed by atoms with Gasteiger partial charge in [0.25, 0.3) is 5.91 Å². The smallest absolute Gasteiger partial charge is 0.322 e. The third-order valence-electron chi connectivity index (χ3n) is 4.78. The topological polar surface area (TPSA) is 61.4 Å². The molecular formula is C17H23N3O2. The Hall–Kier alpha value is -1.88. The highest BCUT2D eigenvalue weighted by Gasteiger charge is 2.47. The highest BCUT2D eigenvalue weighted by Crippen LogP contribution is 2.26. The van der Waals surface area contributed by atoms with Crippen LogP contribution in [0.5, 0.6) is 0 Å². The Balaban J connectivity index is 1.58. The molecule has 5 heteroatoms. The minimum absolute atomic E-state index is 0.168. The van der Waals surface area contributed by atoms with Crippen molar-refractivity contribution >= 4 is 11.9 Å². The van der Waals surface area contributed by atoms with E-state index in [1.54, 1.807) is 0 Å². The van der Waals surface area contributed by atoms with Crippen LogP contribution in [0.4, 0.5) is 4.79 Å². The maximum Gasteiger partial charge on any atom is 0.322 e. The summed E-state index contributed by atoms with van der Waals surface area (Å²) >= 11 is 0. The van der Waals surface area contributed by atoms with Gasteiger partial charge in [0.05, 0.1) is 0 Å². The molecule has 0 radical (unpaired) electrons. The van der Waals surface area contributed by atoms with Crippen LogP contribution in [0.15, 0.2) is 24.3 Å². The molecule has 5 nitrogen and oxygen atoms in total. The molecule has 0 bridgehead atoms. The van der Waals surface area contributed by atoms with Crippen LogP contribution < -0.4 is 10.6 Å². The molecule has 0 aliphatic carbocycles. The van der Waals surface area contributed by atoms with Crippen molar-refractivity contribution in [2.24, 2.45) is 0 Å². The van der Waals surface area contributed by atoms with E-state index in [4.69, 9.17) is 0 Å². The Morgan fingerprint density at radius 2 is 1.77 bits per heavy atom. The Kier molecular flexibility index (Phi) is 3.91. The normalized spacial score (nSPS) is 21.2. The number of piperidine rings is 1. The molecule has 2 saturated heterocycles. The number of rotatable bonds is 3. The summed E-state index contributed by atoms with van der Waals surface area (Å²) in [4.78, 5) is 25.6. The summed E-state index contributed by atoms with van der Waals surface area (Å²) in [6.45, 7) is 6.92. The average molecular weight is 301 g/mol. The number of nitrogens with zero attached hydrogens (tertiary/aromatic N) is 1. The fourth-order valence-electron chi connectivity index (χ4n) is 3.24. The Labute approximate surface area is 131 Å². The van der Waals surface area contributed by atoms with Gasteiger partial charge in [-0.25, -0.2) is 4.79 Å². The molecule has 2 aliphatic heterocycles. The quantitative estimate of drug-likeness (QED) is 0.839. The van der Waals surface area contributed by atoms with Gasteiger partial charge in [0.1, 0.15) is 5.54 Å². The third-order valence-corrected chi connectivity index (χ3v) is 4.78. The molecular weight excluding hydrogens is 278 g/mol. The standard InChI is InChI=1S/C17H23N3O2/c1-12(2)14-5-3-13(4-6-14)11-20-9-7-17(8-10-20)15(21)18-16(22)19-17/h3-6,12H,7-11H2,1-2H3,(H2,18,19,21,22). The van der Waals surface area contributed by atoms with Crippen LogP contribution >= 0.6 is 0 Å². The van der Waals surface area contributed by atoms with E-state index in [0.29, 0.717) is 18.8 Å². The van der Waals surface area contributed by atoms with E-state index in [2.05, 4.69) is 53.6 Å². The number of imide groups is 1. The zero-order chi connectivity index (χ0) is 15.7. The van der Waals surface area contributed by atoms with Crippen molar-refractivity contribution in [3.05, 3.63) is 35.4 Å². The molecule has 3 amide bonds. The van der Waals surface area contributed by atoms with E-state index >= 15 is 0 Å². The van der Waals surface area contributed by atoms with Gasteiger partial charge in [0.15, 0.2) is 0 Å². The summed E-state index contributed by atoms with van der Waals surface area (Å²) in [7, 11) is 0. The predicted octanol–water partition coefficient (Wildman–Crippen LogP) is 1.98. The molecule has 22 heavy (non-hydrogen) atoms. The number of hydrogen-bond acceptors (Lipinski definition) is 3. The lowest BCUT2D eigenvalue weighted by Gasteiger charge is -2.37. The fourth-order valence-corrected chi connectivity index (χ4v) is 3.24.